The van der Waals surface area contributed by atoms with Crippen LogP contribution in [0.5, 0.6) is 0 Å². The molecule has 0 saturated carbocycles. The van der Waals surface area contributed by atoms with Gasteiger partial charge in [-0.3, -0.25) is 4.79 Å². The van der Waals surface area contributed by atoms with Gasteiger partial charge in [-0.2, -0.15) is 0 Å². The van der Waals surface area contributed by atoms with E-state index in [9.17, 15) is 9.90 Å². The first-order valence-electron chi connectivity index (χ1n) is 7.90. The van der Waals surface area contributed by atoms with Gasteiger partial charge in [-0.15, -0.1) is 0 Å². The predicted octanol–water partition coefficient (Wildman–Crippen LogP) is 2.33. The quantitative estimate of drug-likeness (QED) is 0.941. The minimum atomic E-state index is -0.384. The Morgan fingerprint density at radius 3 is 2.77 bits per heavy atom. The molecule has 0 spiro atoms. The van der Waals surface area contributed by atoms with Crippen molar-refractivity contribution < 1.29 is 9.90 Å². The molecule has 1 unspecified atom stereocenters. The summed E-state index contributed by atoms with van der Waals surface area (Å²) < 4.78 is 2.01. The van der Waals surface area contributed by atoms with Crippen LogP contribution < -0.4 is 0 Å². The van der Waals surface area contributed by atoms with E-state index in [1.54, 1.807) is 4.90 Å². The van der Waals surface area contributed by atoms with Gasteiger partial charge in [-0.1, -0.05) is 30.3 Å². The van der Waals surface area contributed by atoms with Crippen LogP contribution in [0.2, 0.25) is 0 Å². The lowest BCUT2D eigenvalue weighted by Crippen LogP contribution is -2.42. The van der Waals surface area contributed by atoms with E-state index in [0.29, 0.717) is 12.2 Å². The van der Waals surface area contributed by atoms with E-state index in [0.717, 1.165) is 32.4 Å². The van der Waals surface area contributed by atoms with Crippen molar-refractivity contribution >= 4 is 5.91 Å². The topological polar surface area (TPSA) is 45.5 Å². The first-order valence-corrected chi connectivity index (χ1v) is 7.90. The first kappa shape index (κ1) is 14.9. The van der Waals surface area contributed by atoms with Crippen molar-refractivity contribution in [1.29, 1.82) is 0 Å². The van der Waals surface area contributed by atoms with Gasteiger partial charge < -0.3 is 14.6 Å². The summed E-state index contributed by atoms with van der Waals surface area (Å²) in [4.78, 5) is 14.4. The summed E-state index contributed by atoms with van der Waals surface area (Å²) in [5.74, 6) is 0.0248. The second kappa shape index (κ2) is 6.79. The van der Waals surface area contributed by atoms with Gasteiger partial charge in [0.25, 0.3) is 5.91 Å². The Kier molecular flexibility index (Phi) is 4.59. The van der Waals surface area contributed by atoms with E-state index in [2.05, 4.69) is 12.1 Å². The number of carbonyl (C=O) groups excluding carboxylic acids is 1. The number of aromatic nitrogens is 1. The Labute approximate surface area is 131 Å². The molecule has 0 bridgehead atoms. The van der Waals surface area contributed by atoms with E-state index < -0.39 is 0 Å². The number of aliphatic hydroxyl groups excluding tert-OH is 1. The molecule has 2 heterocycles. The molecule has 1 atom stereocenters. The van der Waals surface area contributed by atoms with E-state index >= 15 is 0 Å². The fraction of sp³-hybridized carbons (Fsp3) is 0.389. The summed E-state index contributed by atoms with van der Waals surface area (Å²) in [6.45, 7) is 1.97. The van der Waals surface area contributed by atoms with Crippen LogP contribution in [0.4, 0.5) is 0 Å². The summed E-state index contributed by atoms with van der Waals surface area (Å²) in [7, 11) is 0. The monoisotopic (exact) mass is 298 g/mol. The molecule has 0 radical (unpaired) electrons. The number of aliphatic hydroxyl groups is 1. The third-order valence-electron chi connectivity index (χ3n) is 4.22. The average molecular weight is 298 g/mol. The Balaban J connectivity index is 1.67. The minimum absolute atomic E-state index is 0.0248. The van der Waals surface area contributed by atoms with Gasteiger partial charge in [0.1, 0.15) is 5.69 Å². The summed E-state index contributed by atoms with van der Waals surface area (Å²) in [5.41, 5.74) is 1.98. The number of hydrogen-bond donors (Lipinski definition) is 1. The zero-order valence-corrected chi connectivity index (χ0v) is 12.7. The summed E-state index contributed by atoms with van der Waals surface area (Å²) in [6, 6.07) is 14.1. The fourth-order valence-electron chi connectivity index (χ4n) is 3.00. The van der Waals surface area contributed by atoms with Gasteiger partial charge in [0, 0.05) is 25.8 Å². The SMILES string of the molecule is O=C(c1cccn1CCc1ccccc1)N1CCCC(O)C1. The van der Waals surface area contributed by atoms with Gasteiger partial charge in [0.2, 0.25) is 0 Å². The van der Waals surface area contributed by atoms with Crippen LogP contribution in [-0.2, 0) is 13.0 Å². The molecule has 116 valence electrons. The molecular weight excluding hydrogens is 276 g/mol. The highest BCUT2D eigenvalue weighted by molar-refractivity contribution is 5.92. The maximum atomic E-state index is 12.6. The Morgan fingerprint density at radius 1 is 1.18 bits per heavy atom. The molecule has 4 heteroatoms. The van der Waals surface area contributed by atoms with Crippen LogP contribution in [0.15, 0.2) is 48.7 Å². The zero-order valence-electron chi connectivity index (χ0n) is 12.7. The molecule has 1 aromatic carbocycles. The van der Waals surface area contributed by atoms with Crippen LogP contribution >= 0.6 is 0 Å². The molecule has 1 N–H and O–H groups in total. The highest BCUT2D eigenvalue weighted by Crippen LogP contribution is 2.15. The normalized spacial score (nSPS) is 18.4. The van der Waals surface area contributed by atoms with E-state index in [-0.39, 0.29) is 12.0 Å². The number of rotatable bonds is 4. The predicted molar refractivity (Wildman–Crippen MR) is 85.7 cm³/mol. The number of likely N-dealkylation sites (tertiary alicyclic amines) is 1. The number of piperidine rings is 1. The van der Waals surface area contributed by atoms with Gasteiger partial charge in [-0.05, 0) is 37.0 Å². The molecule has 1 aliphatic rings. The van der Waals surface area contributed by atoms with E-state index in [1.807, 2.05) is 41.1 Å². The van der Waals surface area contributed by atoms with Crippen LogP contribution in [0, 0.1) is 0 Å². The highest BCUT2D eigenvalue weighted by Gasteiger charge is 2.24. The number of hydrogen-bond acceptors (Lipinski definition) is 2. The van der Waals surface area contributed by atoms with Crippen molar-refractivity contribution in [2.75, 3.05) is 13.1 Å². The van der Waals surface area contributed by atoms with Crippen LogP contribution in [0.25, 0.3) is 0 Å². The highest BCUT2D eigenvalue weighted by atomic mass is 16.3. The smallest absolute Gasteiger partial charge is 0.270 e. The van der Waals surface area contributed by atoms with Crippen molar-refractivity contribution in [3.63, 3.8) is 0 Å². The number of benzene rings is 1. The van der Waals surface area contributed by atoms with Gasteiger partial charge in [0.15, 0.2) is 0 Å². The first-order chi connectivity index (χ1) is 10.7. The molecule has 4 nitrogen and oxygen atoms in total. The lowest BCUT2D eigenvalue weighted by molar-refractivity contribution is 0.0465. The maximum absolute atomic E-state index is 12.6. The third kappa shape index (κ3) is 3.39. The fourth-order valence-corrected chi connectivity index (χ4v) is 3.00. The molecule has 22 heavy (non-hydrogen) atoms. The second-order valence-electron chi connectivity index (χ2n) is 5.87. The second-order valence-corrected chi connectivity index (χ2v) is 5.87. The Hall–Kier alpha value is -2.07. The molecule has 1 amide bonds. The lowest BCUT2D eigenvalue weighted by atomic mass is 10.1. The Bertz CT molecular complexity index is 621. The minimum Gasteiger partial charge on any atom is -0.391 e. The van der Waals surface area contributed by atoms with Gasteiger partial charge in [0.05, 0.1) is 6.10 Å². The van der Waals surface area contributed by atoms with Crippen LogP contribution in [0.1, 0.15) is 28.9 Å². The third-order valence-corrected chi connectivity index (χ3v) is 4.22. The summed E-state index contributed by atoms with van der Waals surface area (Å²) in [6.07, 6.45) is 4.14. The van der Waals surface area contributed by atoms with Crippen LogP contribution in [0.3, 0.4) is 0 Å². The number of aryl methyl sites for hydroxylation is 2. The zero-order chi connectivity index (χ0) is 15.4. The van der Waals surface area contributed by atoms with Crippen molar-refractivity contribution in [2.24, 2.45) is 0 Å². The molecule has 3 rings (SSSR count). The number of amides is 1. The van der Waals surface area contributed by atoms with E-state index in [4.69, 9.17) is 0 Å². The summed E-state index contributed by atoms with van der Waals surface area (Å²) in [5, 5.41) is 9.75. The number of nitrogens with zero attached hydrogens (tertiary/aromatic N) is 2. The van der Waals surface area contributed by atoms with Crippen molar-refractivity contribution in [1.82, 2.24) is 9.47 Å². The largest absolute Gasteiger partial charge is 0.391 e. The summed E-state index contributed by atoms with van der Waals surface area (Å²) >= 11 is 0. The lowest BCUT2D eigenvalue weighted by Gasteiger charge is -2.30. The molecule has 1 fully saturated rings. The maximum Gasteiger partial charge on any atom is 0.270 e. The molecule has 1 aliphatic heterocycles. The molecule has 1 aromatic heterocycles. The van der Waals surface area contributed by atoms with E-state index in [1.165, 1.54) is 5.56 Å². The molecule has 0 aliphatic carbocycles. The standard InChI is InChI=1S/C18H22N2O2/c21-16-8-4-12-20(14-16)18(22)17-9-5-11-19(17)13-10-15-6-2-1-3-7-15/h1-3,5-7,9,11,16,21H,4,8,10,12-14H2. The van der Waals surface area contributed by atoms with Gasteiger partial charge in [-0.25, -0.2) is 0 Å². The van der Waals surface area contributed by atoms with Crippen LogP contribution in [-0.4, -0.2) is 39.7 Å². The van der Waals surface area contributed by atoms with Crippen molar-refractivity contribution in [2.45, 2.75) is 31.9 Å². The van der Waals surface area contributed by atoms with Crippen molar-refractivity contribution in [3.05, 3.63) is 59.9 Å². The van der Waals surface area contributed by atoms with Crippen molar-refractivity contribution in [3.8, 4) is 0 Å². The average Bonchev–Trinajstić information content (AvgIpc) is 3.01. The Morgan fingerprint density at radius 2 is 2.00 bits per heavy atom. The molecule has 2 aromatic rings. The number of carbonyl (C=O) groups is 1. The van der Waals surface area contributed by atoms with Gasteiger partial charge >= 0.3 is 0 Å². The molecular formula is C18H22N2O2. The number of β-amino-alcohol motifs (C(OH)–C–C–N with tert-alkyl or cyclic N) is 1. The molecule has 1 saturated heterocycles.